The highest BCUT2D eigenvalue weighted by Crippen LogP contribution is 2.17. The number of nitrogens with two attached hydrogens (primary N) is 1. The monoisotopic (exact) mass is 297 g/mol. The lowest BCUT2D eigenvalue weighted by molar-refractivity contribution is 0.415. The fourth-order valence-electron chi connectivity index (χ4n) is 2.12. The van der Waals surface area contributed by atoms with E-state index < -0.39 is 0 Å². The zero-order chi connectivity index (χ0) is 15.9. The zero-order valence-electron chi connectivity index (χ0n) is 13.3. The largest absolute Gasteiger partial charge is 0.497 e. The van der Waals surface area contributed by atoms with Crippen LogP contribution < -0.4 is 15.8 Å². The molecule has 0 aliphatic rings. The molecule has 0 saturated heterocycles. The summed E-state index contributed by atoms with van der Waals surface area (Å²) in [5.41, 5.74) is 9.34. The Morgan fingerprint density at radius 1 is 1.23 bits per heavy atom. The minimum absolute atomic E-state index is 0.325. The van der Waals surface area contributed by atoms with Gasteiger partial charge in [0, 0.05) is 24.2 Å². The molecule has 1 unspecified atom stereocenters. The SMILES string of the molecule is COc1cccc(NC(N)=NCC(C)c2ccc(C)cc2)c1. The van der Waals surface area contributed by atoms with Gasteiger partial charge in [0.2, 0.25) is 0 Å². The topological polar surface area (TPSA) is 59.6 Å². The van der Waals surface area contributed by atoms with E-state index in [1.807, 2.05) is 24.3 Å². The molecule has 22 heavy (non-hydrogen) atoms. The molecule has 2 rings (SSSR count). The Bertz CT molecular complexity index is 635. The van der Waals surface area contributed by atoms with Gasteiger partial charge in [-0.05, 0) is 24.6 Å². The van der Waals surface area contributed by atoms with Crippen LogP contribution >= 0.6 is 0 Å². The smallest absolute Gasteiger partial charge is 0.193 e. The molecule has 3 N–H and O–H groups in total. The number of anilines is 1. The summed E-state index contributed by atoms with van der Waals surface area (Å²) in [5, 5.41) is 3.08. The van der Waals surface area contributed by atoms with Crippen molar-refractivity contribution in [2.24, 2.45) is 10.7 Å². The predicted octanol–water partition coefficient (Wildman–Crippen LogP) is 3.53. The van der Waals surface area contributed by atoms with E-state index in [2.05, 4.69) is 48.4 Å². The van der Waals surface area contributed by atoms with Gasteiger partial charge in [-0.1, -0.05) is 42.8 Å². The number of nitrogens with one attached hydrogen (secondary N) is 1. The van der Waals surface area contributed by atoms with Gasteiger partial charge in [0.25, 0.3) is 0 Å². The van der Waals surface area contributed by atoms with Gasteiger partial charge in [-0.25, -0.2) is 0 Å². The van der Waals surface area contributed by atoms with Gasteiger partial charge >= 0.3 is 0 Å². The lowest BCUT2D eigenvalue weighted by Gasteiger charge is -2.11. The maximum atomic E-state index is 5.95. The summed E-state index contributed by atoms with van der Waals surface area (Å²) in [7, 11) is 1.64. The number of guanidine groups is 1. The van der Waals surface area contributed by atoms with E-state index in [-0.39, 0.29) is 0 Å². The number of hydrogen-bond acceptors (Lipinski definition) is 2. The normalized spacial score (nSPS) is 12.8. The molecule has 0 aliphatic heterocycles. The van der Waals surface area contributed by atoms with Crippen molar-refractivity contribution < 1.29 is 4.74 Å². The second-order valence-corrected chi connectivity index (χ2v) is 5.39. The van der Waals surface area contributed by atoms with Gasteiger partial charge in [0.05, 0.1) is 7.11 Å². The highest BCUT2D eigenvalue weighted by Gasteiger charge is 2.05. The molecule has 116 valence electrons. The van der Waals surface area contributed by atoms with Crippen LogP contribution in [0, 0.1) is 6.92 Å². The van der Waals surface area contributed by atoms with Crippen molar-refractivity contribution in [1.82, 2.24) is 0 Å². The minimum Gasteiger partial charge on any atom is -0.497 e. The summed E-state index contributed by atoms with van der Waals surface area (Å²) in [6.45, 7) is 4.88. The Hall–Kier alpha value is -2.49. The summed E-state index contributed by atoms with van der Waals surface area (Å²) in [5.74, 6) is 1.52. The third-order valence-electron chi connectivity index (χ3n) is 3.52. The molecule has 0 amide bonds. The number of benzene rings is 2. The minimum atomic E-state index is 0.325. The average Bonchev–Trinajstić information content (AvgIpc) is 2.53. The van der Waals surface area contributed by atoms with E-state index in [0.717, 1.165) is 11.4 Å². The van der Waals surface area contributed by atoms with Crippen LogP contribution in [-0.2, 0) is 0 Å². The lowest BCUT2D eigenvalue weighted by Crippen LogP contribution is -2.23. The summed E-state index contributed by atoms with van der Waals surface area (Å²) in [4.78, 5) is 4.42. The summed E-state index contributed by atoms with van der Waals surface area (Å²) >= 11 is 0. The molecule has 1 atom stereocenters. The van der Waals surface area contributed by atoms with Gasteiger partial charge in [0.1, 0.15) is 5.75 Å². The molecule has 0 heterocycles. The van der Waals surface area contributed by atoms with Crippen LogP contribution in [0.5, 0.6) is 5.75 Å². The van der Waals surface area contributed by atoms with Crippen molar-refractivity contribution in [3.63, 3.8) is 0 Å². The van der Waals surface area contributed by atoms with Crippen molar-refractivity contribution in [1.29, 1.82) is 0 Å². The van der Waals surface area contributed by atoms with Crippen LogP contribution in [0.25, 0.3) is 0 Å². The van der Waals surface area contributed by atoms with Crippen LogP contribution in [0.15, 0.2) is 53.5 Å². The van der Waals surface area contributed by atoms with Gasteiger partial charge in [-0.3, -0.25) is 4.99 Å². The molecule has 2 aromatic carbocycles. The summed E-state index contributed by atoms with van der Waals surface area (Å²) < 4.78 is 5.18. The van der Waals surface area contributed by atoms with Crippen molar-refractivity contribution in [3.8, 4) is 5.75 Å². The Labute approximate surface area is 132 Å². The van der Waals surface area contributed by atoms with Gasteiger partial charge in [-0.2, -0.15) is 0 Å². The van der Waals surface area contributed by atoms with Gasteiger partial charge < -0.3 is 15.8 Å². The number of rotatable bonds is 5. The second-order valence-electron chi connectivity index (χ2n) is 5.39. The number of hydrogen-bond donors (Lipinski definition) is 2. The molecular formula is C18H23N3O. The van der Waals surface area contributed by atoms with Crippen LogP contribution in [0.1, 0.15) is 24.0 Å². The van der Waals surface area contributed by atoms with E-state index in [1.165, 1.54) is 11.1 Å². The molecule has 4 nitrogen and oxygen atoms in total. The Balaban J connectivity index is 1.95. The third-order valence-corrected chi connectivity index (χ3v) is 3.52. The third kappa shape index (κ3) is 4.52. The van der Waals surface area contributed by atoms with E-state index in [1.54, 1.807) is 7.11 Å². The zero-order valence-corrected chi connectivity index (χ0v) is 13.3. The Morgan fingerprint density at radius 2 is 1.95 bits per heavy atom. The van der Waals surface area contributed by atoms with Gasteiger partial charge in [0.15, 0.2) is 5.96 Å². The van der Waals surface area contributed by atoms with E-state index >= 15 is 0 Å². The van der Waals surface area contributed by atoms with Crippen molar-refractivity contribution in [2.75, 3.05) is 19.0 Å². The molecule has 0 spiro atoms. The molecule has 0 bridgehead atoms. The first-order valence-electron chi connectivity index (χ1n) is 7.36. The number of methoxy groups -OCH3 is 1. The Kier molecular flexibility index (Phi) is 5.42. The highest BCUT2D eigenvalue weighted by atomic mass is 16.5. The Morgan fingerprint density at radius 3 is 2.64 bits per heavy atom. The molecule has 4 heteroatoms. The average molecular weight is 297 g/mol. The fourth-order valence-corrected chi connectivity index (χ4v) is 2.12. The fraction of sp³-hybridized carbons (Fsp3) is 0.278. The molecule has 0 aromatic heterocycles. The molecule has 0 aliphatic carbocycles. The van der Waals surface area contributed by atoms with Gasteiger partial charge in [-0.15, -0.1) is 0 Å². The van der Waals surface area contributed by atoms with Crippen LogP contribution in [0.4, 0.5) is 5.69 Å². The number of ether oxygens (including phenoxy) is 1. The van der Waals surface area contributed by atoms with Crippen LogP contribution in [0.2, 0.25) is 0 Å². The summed E-state index contributed by atoms with van der Waals surface area (Å²) in [6.07, 6.45) is 0. The van der Waals surface area contributed by atoms with E-state index in [9.17, 15) is 0 Å². The van der Waals surface area contributed by atoms with E-state index in [4.69, 9.17) is 10.5 Å². The molecule has 2 aromatic rings. The highest BCUT2D eigenvalue weighted by molar-refractivity contribution is 5.92. The maximum absolute atomic E-state index is 5.95. The molecule has 0 radical (unpaired) electrons. The number of aliphatic imine (C=N–C) groups is 1. The first-order chi connectivity index (χ1) is 10.6. The number of aryl methyl sites for hydroxylation is 1. The molecular weight excluding hydrogens is 274 g/mol. The first kappa shape index (κ1) is 15.9. The van der Waals surface area contributed by atoms with Crippen molar-refractivity contribution in [3.05, 3.63) is 59.7 Å². The quantitative estimate of drug-likeness (QED) is 0.655. The molecule has 0 saturated carbocycles. The maximum Gasteiger partial charge on any atom is 0.193 e. The van der Waals surface area contributed by atoms with Crippen LogP contribution in [-0.4, -0.2) is 19.6 Å². The standard InChI is InChI=1S/C18H23N3O/c1-13-7-9-15(10-8-13)14(2)12-20-18(19)21-16-5-4-6-17(11-16)22-3/h4-11,14H,12H2,1-3H3,(H3,19,20,21). The lowest BCUT2D eigenvalue weighted by atomic mass is 10.0. The first-order valence-corrected chi connectivity index (χ1v) is 7.36. The molecule has 0 fully saturated rings. The van der Waals surface area contributed by atoms with Crippen LogP contribution in [0.3, 0.4) is 0 Å². The van der Waals surface area contributed by atoms with Crippen molar-refractivity contribution >= 4 is 11.6 Å². The second kappa shape index (κ2) is 7.50. The number of nitrogens with zero attached hydrogens (tertiary/aromatic N) is 1. The van der Waals surface area contributed by atoms with Crippen molar-refractivity contribution in [2.45, 2.75) is 19.8 Å². The summed E-state index contributed by atoms with van der Waals surface area (Å²) in [6, 6.07) is 16.1. The predicted molar refractivity (Wildman–Crippen MR) is 92.7 cm³/mol. The van der Waals surface area contributed by atoms with E-state index in [0.29, 0.717) is 18.4 Å².